The first kappa shape index (κ1) is 15.4. The summed E-state index contributed by atoms with van der Waals surface area (Å²) < 4.78 is 0. The van der Waals surface area contributed by atoms with Gasteiger partial charge in [-0.15, -0.1) is 0 Å². The van der Waals surface area contributed by atoms with Gasteiger partial charge in [0.2, 0.25) is 5.91 Å². The number of aliphatic hydroxyl groups is 1. The van der Waals surface area contributed by atoms with E-state index in [4.69, 9.17) is 0 Å². The van der Waals surface area contributed by atoms with Crippen molar-refractivity contribution in [3.05, 3.63) is 47.0 Å². The summed E-state index contributed by atoms with van der Waals surface area (Å²) in [7, 11) is 0. The lowest BCUT2D eigenvalue weighted by molar-refractivity contribution is -0.116. The van der Waals surface area contributed by atoms with Crippen LogP contribution in [0.4, 0.5) is 0 Å². The third-order valence-electron chi connectivity index (χ3n) is 3.27. The first-order valence-corrected chi connectivity index (χ1v) is 6.49. The normalized spacial score (nSPS) is 12.4. The number of rotatable bonds is 4. The second kappa shape index (κ2) is 6.53. The summed E-state index contributed by atoms with van der Waals surface area (Å²) in [5, 5.41) is 12.1. The monoisotopic (exact) mass is 261 g/mol. The van der Waals surface area contributed by atoms with E-state index in [1.165, 1.54) is 0 Å². The predicted molar refractivity (Wildman–Crippen MR) is 77.4 cm³/mol. The number of carbonyl (C=O) groups excluding carboxylic acids is 1. The van der Waals surface area contributed by atoms with Crippen LogP contribution in [-0.4, -0.2) is 11.0 Å². The van der Waals surface area contributed by atoms with Gasteiger partial charge in [-0.3, -0.25) is 4.79 Å². The van der Waals surface area contributed by atoms with Crippen molar-refractivity contribution < 1.29 is 9.90 Å². The smallest absolute Gasteiger partial charge is 0.244 e. The summed E-state index contributed by atoms with van der Waals surface area (Å²) in [6.45, 7) is 8.61. The quantitative estimate of drug-likeness (QED) is 0.819. The molecule has 1 aromatic carbocycles. The second-order valence-electron chi connectivity index (χ2n) is 5.72. The van der Waals surface area contributed by atoms with Gasteiger partial charge in [0, 0.05) is 12.6 Å². The van der Waals surface area contributed by atoms with Crippen molar-refractivity contribution in [3.8, 4) is 0 Å². The lowest BCUT2D eigenvalue weighted by Gasteiger charge is -2.19. The lowest BCUT2D eigenvalue weighted by atomic mass is 9.87. The van der Waals surface area contributed by atoms with E-state index in [1.54, 1.807) is 6.08 Å². The summed E-state index contributed by atoms with van der Waals surface area (Å²) in [6.07, 6.45) is 1.64. The molecule has 0 radical (unpaired) electrons. The fraction of sp³-hybridized carbons (Fsp3) is 0.438. The molecule has 0 aliphatic rings. The van der Waals surface area contributed by atoms with Gasteiger partial charge >= 0.3 is 0 Å². The topological polar surface area (TPSA) is 49.3 Å². The highest BCUT2D eigenvalue weighted by atomic mass is 16.3. The van der Waals surface area contributed by atoms with Gasteiger partial charge < -0.3 is 10.4 Å². The number of nitrogens with one attached hydrogen (secondary N) is 1. The van der Waals surface area contributed by atoms with Crippen molar-refractivity contribution in [3.63, 3.8) is 0 Å². The zero-order valence-electron chi connectivity index (χ0n) is 12.2. The standard InChI is InChI=1S/C16H23NO2/c1-12(16(2,3)4)9-15(19)17-10-13-7-5-6-8-14(13)11-18/h5-9,18H,10-11H2,1-4H3,(H,17,19)/b12-9-. The average molecular weight is 261 g/mol. The molecule has 0 atom stereocenters. The zero-order chi connectivity index (χ0) is 14.5. The molecule has 1 rings (SSSR count). The molecule has 0 aromatic heterocycles. The van der Waals surface area contributed by atoms with Crippen molar-refractivity contribution in [1.82, 2.24) is 5.32 Å². The summed E-state index contributed by atoms with van der Waals surface area (Å²) in [4.78, 5) is 11.8. The van der Waals surface area contributed by atoms with E-state index in [0.29, 0.717) is 6.54 Å². The number of hydrogen-bond acceptors (Lipinski definition) is 2. The van der Waals surface area contributed by atoms with E-state index < -0.39 is 0 Å². The minimum atomic E-state index is -0.0971. The van der Waals surface area contributed by atoms with Gasteiger partial charge in [0.25, 0.3) is 0 Å². The van der Waals surface area contributed by atoms with Crippen molar-refractivity contribution in [2.45, 2.75) is 40.8 Å². The summed E-state index contributed by atoms with van der Waals surface area (Å²) in [5.74, 6) is -0.0971. The van der Waals surface area contributed by atoms with Crippen molar-refractivity contribution in [2.24, 2.45) is 5.41 Å². The van der Waals surface area contributed by atoms with Crippen LogP contribution in [0.15, 0.2) is 35.9 Å². The van der Waals surface area contributed by atoms with E-state index in [1.807, 2.05) is 31.2 Å². The molecule has 0 spiro atoms. The van der Waals surface area contributed by atoms with E-state index in [2.05, 4.69) is 26.1 Å². The van der Waals surface area contributed by atoms with Crippen LogP contribution in [0, 0.1) is 5.41 Å². The Hall–Kier alpha value is -1.61. The molecule has 0 saturated heterocycles. The molecule has 0 aliphatic carbocycles. The van der Waals surface area contributed by atoms with Gasteiger partial charge in [0.15, 0.2) is 0 Å². The van der Waals surface area contributed by atoms with Gasteiger partial charge in [-0.2, -0.15) is 0 Å². The fourth-order valence-corrected chi connectivity index (χ4v) is 1.53. The molecule has 3 heteroatoms. The summed E-state index contributed by atoms with van der Waals surface area (Å²) in [6, 6.07) is 7.54. The van der Waals surface area contributed by atoms with Crippen LogP contribution in [-0.2, 0) is 17.9 Å². The van der Waals surface area contributed by atoms with Crippen LogP contribution in [0.25, 0.3) is 0 Å². The van der Waals surface area contributed by atoms with Crippen molar-refractivity contribution >= 4 is 5.91 Å². The third kappa shape index (κ3) is 4.87. The highest BCUT2D eigenvalue weighted by Gasteiger charge is 2.13. The van der Waals surface area contributed by atoms with Gasteiger partial charge in [-0.1, -0.05) is 50.6 Å². The van der Waals surface area contributed by atoms with Crippen LogP contribution >= 0.6 is 0 Å². The van der Waals surface area contributed by atoms with Gasteiger partial charge in [-0.25, -0.2) is 0 Å². The van der Waals surface area contributed by atoms with E-state index >= 15 is 0 Å². The molecule has 0 saturated carbocycles. The molecule has 1 aromatic rings. The molecular formula is C16H23NO2. The van der Waals surface area contributed by atoms with Crippen LogP contribution in [0.3, 0.4) is 0 Å². The molecule has 0 unspecified atom stereocenters. The minimum Gasteiger partial charge on any atom is -0.392 e. The van der Waals surface area contributed by atoms with Crippen LogP contribution in [0.5, 0.6) is 0 Å². The molecule has 19 heavy (non-hydrogen) atoms. The Balaban J connectivity index is 2.65. The first-order chi connectivity index (χ1) is 8.84. The molecule has 1 amide bonds. The van der Waals surface area contributed by atoms with E-state index in [9.17, 15) is 9.90 Å². The van der Waals surface area contributed by atoms with E-state index in [0.717, 1.165) is 16.7 Å². The van der Waals surface area contributed by atoms with Gasteiger partial charge in [-0.05, 0) is 23.5 Å². The van der Waals surface area contributed by atoms with E-state index in [-0.39, 0.29) is 17.9 Å². The molecule has 0 heterocycles. The number of benzene rings is 1. The Kier molecular flexibility index (Phi) is 5.31. The molecule has 3 nitrogen and oxygen atoms in total. The highest BCUT2D eigenvalue weighted by molar-refractivity contribution is 5.88. The maximum atomic E-state index is 11.8. The van der Waals surface area contributed by atoms with Gasteiger partial charge in [0.1, 0.15) is 0 Å². The molecule has 2 N–H and O–H groups in total. The number of carbonyl (C=O) groups is 1. The number of allylic oxidation sites excluding steroid dienone is 1. The SMILES string of the molecule is C/C(=C/C(=O)NCc1ccccc1CO)C(C)(C)C. The highest BCUT2D eigenvalue weighted by Crippen LogP contribution is 2.23. The Morgan fingerprint density at radius 1 is 1.26 bits per heavy atom. The molecule has 0 aliphatic heterocycles. The van der Waals surface area contributed by atoms with Crippen molar-refractivity contribution in [1.29, 1.82) is 0 Å². The number of amides is 1. The molecule has 104 valence electrons. The predicted octanol–water partition coefficient (Wildman–Crippen LogP) is 2.79. The summed E-state index contributed by atoms with van der Waals surface area (Å²) in [5.41, 5.74) is 2.83. The summed E-state index contributed by atoms with van der Waals surface area (Å²) >= 11 is 0. The maximum absolute atomic E-state index is 11.8. The zero-order valence-corrected chi connectivity index (χ0v) is 12.2. The van der Waals surface area contributed by atoms with Crippen LogP contribution in [0.1, 0.15) is 38.8 Å². The minimum absolute atomic E-state index is 0.000343. The lowest BCUT2D eigenvalue weighted by Crippen LogP contribution is -2.22. The molecule has 0 fully saturated rings. The Bertz CT molecular complexity index is 470. The fourth-order valence-electron chi connectivity index (χ4n) is 1.53. The largest absolute Gasteiger partial charge is 0.392 e. The number of aliphatic hydroxyl groups excluding tert-OH is 1. The van der Waals surface area contributed by atoms with Crippen molar-refractivity contribution in [2.75, 3.05) is 0 Å². The second-order valence-corrected chi connectivity index (χ2v) is 5.72. The third-order valence-corrected chi connectivity index (χ3v) is 3.27. The molecular weight excluding hydrogens is 238 g/mol. The molecule has 0 bridgehead atoms. The van der Waals surface area contributed by atoms with Crippen LogP contribution < -0.4 is 5.32 Å². The maximum Gasteiger partial charge on any atom is 0.244 e. The Labute approximate surface area is 115 Å². The average Bonchev–Trinajstić information content (AvgIpc) is 2.35. The van der Waals surface area contributed by atoms with Gasteiger partial charge in [0.05, 0.1) is 6.61 Å². The Morgan fingerprint density at radius 3 is 2.37 bits per heavy atom. The number of hydrogen-bond donors (Lipinski definition) is 2. The van der Waals surface area contributed by atoms with Crippen LogP contribution in [0.2, 0.25) is 0 Å². The first-order valence-electron chi connectivity index (χ1n) is 6.49. The Morgan fingerprint density at radius 2 is 1.84 bits per heavy atom.